The van der Waals surface area contributed by atoms with E-state index in [-0.39, 0.29) is 11.8 Å². The van der Waals surface area contributed by atoms with Crippen LogP contribution >= 0.6 is 0 Å². The first-order valence-electron chi connectivity index (χ1n) is 19.6. The zero-order valence-electron chi connectivity index (χ0n) is 33.0. The molecule has 1 aromatic carbocycles. The summed E-state index contributed by atoms with van der Waals surface area (Å²) in [6.45, 7) is 19.9. The summed E-state index contributed by atoms with van der Waals surface area (Å²) in [6, 6.07) is 21.8. The molecule has 4 heterocycles. The Balaban J connectivity index is 0.000000241. The molecule has 11 heteroatoms. The monoisotopic (exact) mass is 735 g/mol. The van der Waals surface area contributed by atoms with Crippen LogP contribution in [0.3, 0.4) is 0 Å². The van der Waals surface area contributed by atoms with Crippen molar-refractivity contribution in [3.8, 4) is 0 Å². The van der Waals surface area contributed by atoms with Crippen molar-refractivity contribution in [2.75, 3.05) is 69.5 Å². The molecule has 5 rings (SSSR count). The summed E-state index contributed by atoms with van der Waals surface area (Å²) < 4.78 is 0. The predicted octanol–water partition coefficient (Wildman–Crippen LogP) is 6.68. The number of piperazine rings is 1. The zero-order valence-corrected chi connectivity index (χ0v) is 33.0. The van der Waals surface area contributed by atoms with Crippen molar-refractivity contribution in [1.82, 2.24) is 35.0 Å². The van der Waals surface area contributed by atoms with Gasteiger partial charge in [-0.05, 0) is 72.7 Å². The van der Waals surface area contributed by atoms with E-state index in [4.69, 9.17) is 0 Å². The van der Waals surface area contributed by atoms with Gasteiger partial charge in [-0.2, -0.15) is 0 Å². The second kappa shape index (κ2) is 23.0. The molecule has 0 bridgehead atoms. The predicted molar refractivity (Wildman–Crippen MR) is 220 cm³/mol. The summed E-state index contributed by atoms with van der Waals surface area (Å²) in [5.41, 5.74) is 3.77. The molecule has 2 amide bonds. The van der Waals surface area contributed by atoms with Gasteiger partial charge in [0.1, 0.15) is 11.6 Å². The standard InChI is InChI=1S/C22H30N4O.C21H31N5O/c1-18(2)10-12-24-21-20(9-6-11-23-21)22(27)26-15-13-25(14-16-26)17-19-7-4-3-5-8-19;1-4-26(16-18-7-5-10-22-15-18)14-13-25-21(27)19-8-6-11-23-20(19)24-12-9-17(2)3/h3-9,11,18H,10,12-17H2,1-2H3,(H,23,24);5-8,10-11,15,17H,4,9,12-14,16H2,1-3H3,(H,23,24)(H,25,27). The Morgan fingerprint density at radius 2 is 1.31 bits per heavy atom. The smallest absolute Gasteiger partial charge is 0.257 e. The van der Waals surface area contributed by atoms with Gasteiger partial charge >= 0.3 is 0 Å². The third-order valence-electron chi connectivity index (χ3n) is 9.32. The molecule has 54 heavy (non-hydrogen) atoms. The molecule has 0 atom stereocenters. The Labute approximate surface area is 323 Å². The van der Waals surface area contributed by atoms with E-state index in [1.165, 1.54) is 11.1 Å². The first kappa shape index (κ1) is 41.9. The number of nitrogens with zero attached hydrogens (tertiary/aromatic N) is 6. The maximum absolute atomic E-state index is 13.0. The van der Waals surface area contributed by atoms with Gasteiger partial charge in [0.05, 0.1) is 11.1 Å². The lowest BCUT2D eigenvalue weighted by atomic mass is 10.1. The summed E-state index contributed by atoms with van der Waals surface area (Å²) in [4.78, 5) is 45.1. The quantitative estimate of drug-likeness (QED) is 0.103. The van der Waals surface area contributed by atoms with Crippen molar-refractivity contribution in [3.05, 3.63) is 114 Å². The second-order valence-electron chi connectivity index (χ2n) is 14.6. The van der Waals surface area contributed by atoms with Gasteiger partial charge in [-0.1, -0.05) is 71.0 Å². The van der Waals surface area contributed by atoms with E-state index < -0.39 is 0 Å². The molecule has 11 nitrogen and oxygen atoms in total. The highest BCUT2D eigenvalue weighted by Crippen LogP contribution is 2.18. The van der Waals surface area contributed by atoms with E-state index in [1.807, 2.05) is 41.4 Å². The van der Waals surface area contributed by atoms with Crippen molar-refractivity contribution in [1.29, 1.82) is 0 Å². The van der Waals surface area contributed by atoms with Crippen molar-refractivity contribution in [2.24, 2.45) is 11.8 Å². The fourth-order valence-electron chi connectivity index (χ4n) is 6.05. The average Bonchev–Trinajstić information content (AvgIpc) is 3.18. The lowest BCUT2D eigenvalue weighted by Gasteiger charge is -2.35. The molecule has 1 aliphatic heterocycles. The molecule has 3 N–H and O–H groups in total. The largest absolute Gasteiger partial charge is 0.369 e. The van der Waals surface area contributed by atoms with Crippen LogP contribution in [0.4, 0.5) is 11.6 Å². The number of likely N-dealkylation sites (N-methyl/N-ethyl adjacent to an activating group) is 1. The van der Waals surface area contributed by atoms with Crippen LogP contribution in [0.1, 0.15) is 79.3 Å². The fourth-order valence-corrected chi connectivity index (χ4v) is 6.05. The fraction of sp³-hybridized carbons (Fsp3) is 0.465. The molecule has 290 valence electrons. The Morgan fingerprint density at radius 3 is 1.91 bits per heavy atom. The number of carbonyl (C=O) groups is 2. The van der Waals surface area contributed by atoms with Crippen molar-refractivity contribution >= 4 is 23.5 Å². The summed E-state index contributed by atoms with van der Waals surface area (Å²) in [5.74, 6) is 2.58. The molecule has 0 saturated carbocycles. The molecule has 0 radical (unpaired) electrons. The highest BCUT2D eigenvalue weighted by Gasteiger charge is 2.24. The number of anilines is 2. The molecular formula is C43H61N9O2. The topological polar surface area (TPSA) is 119 Å². The molecule has 0 unspecified atom stereocenters. The Kier molecular flexibility index (Phi) is 17.9. The first-order chi connectivity index (χ1) is 26.2. The lowest BCUT2D eigenvalue weighted by molar-refractivity contribution is 0.0629. The van der Waals surface area contributed by atoms with E-state index in [0.29, 0.717) is 41.1 Å². The molecular weight excluding hydrogens is 675 g/mol. The van der Waals surface area contributed by atoms with Gasteiger partial charge in [0.25, 0.3) is 11.8 Å². The number of hydrogen-bond donors (Lipinski definition) is 3. The number of amides is 2. The first-order valence-corrected chi connectivity index (χ1v) is 19.6. The number of pyridine rings is 3. The minimum absolute atomic E-state index is 0.0782. The summed E-state index contributed by atoms with van der Waals surface area (Å²) in [5, 5.41) is 9.63. The van der Waals surface area contributed by atoms with Gasteiger partial charge in [0, 0.05) is 90.2 Å². The summed E-state index contributed by atoms with van der Waals surface area (Å²) in [7, 11) is 0. The van der Waals surface area contributed by atoms with E-state index in [9.17, 15) is 9.59 Å². The molecule has 0 aliphatic carbocycles. The van der Waals surface area contributed by atoms with Crippen LogP contribution in [0.5, 0.6) is 0 Å². The van der Waals surface area contributed by atoms with Gasteiger partial charge < -0.3 is 20.9 Å². The molecule has 4 aromatic rings. The van der Waals surface area contributed by atoms with Crippen LogP contribution in [-0.2, 0) is 13.1 Å². The van der Waals surface area contributed by atoms with Gasteiger partial charge in [-0.3, -0.25) is 24.4 Å². The normalized spacial score (nSPS) is 13.1. The third-order valence-corrected chi connectivity index (χ3v) is 9.32. The number of carbonyl (C=O) groups excluding carboxylic acids is 2. The van der Waals surface area contributed by atoms with Gasteiger partial charge in [-0.25, -0.2) is 9.97 Å². The van der Waals surface area contributed by atoms with Crippen LogP contribution in [0.15, 0.2) is 91.5 Å². The number of nitrogens with one attached hydrogen (secondary N) is 3. The van der Waals surface area contributed by atoms with Crippen molar-refractivity contribution in [3.63, 3.8) is 0 Å². The van der Waals surface area contributed by atoms with E-state index in [2.05, 4.69) is 106 Å². The number of rotatable bonds is 18. The van der Waals surface area contributed by atoms with Crippen molar-refractivity contribution < 1.29 is 9.59 Å². The molecule has 1 saturated heterocycles. The van der Waals surface area contributed by atoms with E-state index in [0.717, 1.165) is 78.3 Å². The van der Waals surface area contributed by atoms with Crippen LogP contribution in [0, 0.1) is 11.8 Å². The van der Waals surface area contributed by atoms with Crippen LogP contribution < -0.4 is 16.0 Å². The van der Waals surface area contributed by atoms with Crippen LogP contribution in [-0.4, -0.2) is 100 Å². The Morgan fingerprint density at radius 1 is 0.722 bits per heavy atom. The minimum atomic E-state index is -0.0902. The SMILES string of the molecule is CC(C)CCNc1ncccc1C(=O)N1CCN(Cc2ccccc2)CC1.CCN(CCNC(=O)c1cccnc1NCCC(C)C)Cc1cccnc1. The maximum Gasteiger partial charge on any atom is 0.257 e. The second-order valence-corrected chi connectivity index (χ2v) is 14.6. The number of benzene rings is 1. The molecule has 1 fully saturated rings. The molecule has 0 spiro atoms. The highest BCUT2D eigenvalue weighted by molar-refractivity contribution is 5.99. The highest BCUT2D eigenvalue weighted by atomic mass is 16.2. The molecule has 3 aromatic heterocycles. The number of aromatic nitrogens is 3. The van der Waals surface area contributed by atoms with Gasteiger partial charge in [0.2, 0.25) is 0 Å². The van der Waals surface area contributed by atoms with E-state index in [1.54, 1.807) is 24.7 Å². The number of hydrogen-bond acceptors (Lipinski definition) is 9. The van der Waals surface area contributed by atoms with Gasteiger partial charge in [0.15, 0.2) is 0 Å². The summed E-state index contributed by atoms with van der Waals surface area (Å²) in [6.07, 6.45) is 9.21. The molecule has 1 aliphatic rings. The minimum Gasteiger partial charge on any atom is -0.369 e. The van der Waals surface area contributed by atoms with Gasteiger partial charge in [-0.15, -0.1) is 0 Å². The zero-order chi connectivity index (χ0) is 38.5. The summed E-state index contributed by atoms with van der Waals surface area (Å²) >= 11 is 0. The van der Waals surface area contributed by atoms with E-state index >= 15 is 0 Å². The van der Waals surface area contributed by atoms with Crippen LogP contribution in [0.25, 0.3) is 0 Å². The Hall–Kier alpha value is -4.87. The Bertz CT molecular complexity index is 1620. The third kappa shape index (κ3) is 14.5. The average molecular weight is 736 g/mol. The maximum atomic E-state index is 13.0. The lowest BCUT2D eigenvalue weighted by Crippen LogP contribution is -2.48. The van der Waals surface area contributed by atoms with Crippen LogP contribution in [0.2, 0.25) is 0 Å². The van der Waals surface area contributed by atoms with Crippen molar-refractivity contribution in [2.45, 2.75) is 60.5 Å².